The number of hydrogen-bond acceptors (Lipinski definition) is 4. The average Bonchev–Trinajstić information content (AvgIpc) is 2.25. The zero-order chi connectivity index (χ0) is 11.2. The van der Waals surface area contributed by atoms with Crippen molar-refractivity contribution in [2.45, 2.75) is 12.5 Å². The Hall–Kier alpha value is -1.68. The number of rotatable bonds is 1. The molecule has 1 fully saturated rings. The molecule has 0 bridgehead atoms. The third-order valence-electron chi connectivity index (χ3n) is 2.91. The van der Waals surface area contributed by atoms with Crippen LogP contribution >= 0.6 is 0 Å². The highest BCUT2D eigenvalue weighted by Crippen LogP contribution is 2.30. The number of nitrogens with zero attached hydrogens (tertiary/aromatic N) is 3. The molecule has 2 heterocycles. The first kappa shape index (κ1) is 9.54. The number of β-amino-alcohol motifs (C(OH)–C–C–N with tert-alkyl or cyclic N) is 1. The van der Waals surface area contributed by atoms with Crippen molar-refractivity contribution in [1.29, 1.82) is 0 Å². The Kier molecular flexibility index (Phi) is 1.88. The van der Waals surface area contributed by atoms with Crippen molar-refractivity contribution >= 4 is 16.6 Å². The fourth-order valence-electron chi connectivity index (χ4n) is 2.17. The van der Waals surface area contributed by atoms with Crippen LogP contribution in [-0.4, -0.2) is 34.0 Å². The molecule has 0 unspecified atom stereocenters. The SMILES string of the molecule is CC1(O)CN(c2nncc3ccccc23)C1. The van der Waals surface area contributed by atoms with E-state index < -0.39 is 5.60 Å². The van der Waals surface area contributed by atoms with Crippen LogP contribution in [0.5, 0.6) is 0 Å². The van der Waals surface area contributed by atoms with Gasteiger partial charge in [0.05, 0.1) is 11.8 Å². The first-order valence-electron chi connectivity index (χ1n) is 5.33. The molecule has 1 aliphatic heterocycles. The van der Waals surface area contributed by atoms with E-state index >= 15 is 0 Å². The maximum atomic E-state index is 9.73. The molecular formula is C12H13N3O. The van der Waals surface area contributed by atoms with Crippen molar-refractivity contribution < 1.29 is 5.11 Å². The lowest BCUT2D eigenvalue weighted by molar-refractivity contribution is 0.0306. The van der Waals surface area contributed by atoms with Crippen molar-refractivity contribution in [1.82, 2.24) is 10.2 Å². The number of aromatic nitrogens is 2. The molecular weight excluding hydrogens is 202 g/mol. The van der Waals surface area contributed by atoms with E-state index in [2.05, 4.69) is 15.1 Å². The largest absolute Gasteiger partial charge is 0.386 e. The second-order valence-electron chi connectivity index (χ2n) is 4.61. The Morgan fingerprint density at radius 1 is 1.31 bits per heavy atom. The van der Waals surface area contributed by atoms with E-state index in [1.165, 1.54) is 0 Å². The van der Waals surface area contributed by atoms with Crippen LogP contribution in [0.15, 0.2) is 30.5 Å². The van der Waals surface area contributed by atoms with Gasteiger partial charge in [-0.25, -0.2) is 0 Å². The lowest BCUT2D eigenvalue weighted by Gasteiger charge is -2.44. The molecule has 0 atom stereocenters. The summed E-state index contributed by atoms with van der Waals surface area (Å²) in [6.45, 7) is 3.08. The first-order chi connectivity index (χ1) is 7.66. The third-order valence-corrected chi connectivity index (χ3v) is 2.91. The van der Waals surface area contributed by atoms with Gasteiger partial charge >= 0.3 is 0 Å². The van der Waals surface area contributed by atoms with E-state index in [9.17, 15) is 5.11 Å². The van der Waals surface area contributed by atoms with Gasteiger partial charge in [-0.2, -0.15) is 5.10 Å². The highest BCUT2D eigenvalue weighted by Gasteiger charge is 2.37. The van der Waals surface area contributed by atoms with Gasteiger partial charge in [-0.1, -0.05) is 24.3 Å². The average molecular weight is 215 g/mol. The van der Waals surface area contributed by atoms with Gasteiger partial charge in [-0.15, -0.1) is 5.10 Å². The Balaban J connectivity index is 2.05. The second kappa shape index (κ2) is 3.15. The van der Waals surface area contributed by atoms with Crippen molar-refractivity contribution in [3.63, 3.8) is 0 Å². The standard InChI is InChI=1S/C12H13N3O/c1-12(16)7-15(8-12)11-10-5-3-2-4-9(10)6-13-14-11/h2-6,16H,7-8H2,1H3. The lowest BCUT2D eigenvalue weighted by Crippen LogP contribution is -2.60. The van der Waals surface area contributed by atoms with Crippen LogP contribution in [0.3, 0.4) is 0 Å². The smallest absolute Gasteiger partial charge is 0.159 e. The maximum absolute atomic E-state index is 9.73. The number of benzene rings is 1. The van der Waals surface area contributed by atoms with E-state index in [0.29, 0.717) is 13.1 Å². The fourth-order valence-corrected chi connectivity index (χ4v) is 2.17. The van der Waals surface area contributed by atoms with Gasteiger partial charge in [-0.3, -0.25) is 0 Å². The molecule has 0 radical (unpaired) electrons. The zero-order valence-electron chi connectivity index (χ0n) is 9.09. The number of fused-ring (bicyclic) bond motifs is 1. The van der Waals surface area contributed by atoms with E-state index in [4.69, 9.17) is 0 Å². The molecule has 0 saturated carbocycles. The van der Waals surface area contributed by atoms with Crippen molar-refractivity contribution in [3.05, 3.63) is 30.5 Å². The van der Waals surface area contributed by atoms with Crippen molar-refractivity contribution in [2.75, 3.05) is 18.0 Å². The molecule has 0 aliphatic carbocycles. The number of anilines is 1. The Labute approximate surface area is 93.5 Å². The molecule has 1 aliphatic rings. The summed E-state index contributed by atoms with van der Waals surface area (Å²) in [4.78, 5) is 2.05. The quantitative estimate of drug-likeness (QED) is 0.776. The van der Waals surface area contributed by atoms with Crippen LogP contribution in [0.25, 0.3) is 10.8 Å². The lowest BCUT2D eigenvalue weighted by atomic mass is 9.96. The van der Waals surface area contributed by atoms with Crippen LogP contribution < -0.4 is 4.90 Å². The summed E-state index contributed by atoms with van der Waals surface area (Å²) in [5.41, 5.74) is -0.585. The minimum atomic E-state index is -0.585. The van der Waals surface area contributed by atoms with Gasteiger partial charge in [0.25, 0.3) is 0 Å². The molecule has 3 rings (SSSR count). The first-order valence-corrected chi connectivity index (χ1v) is 5.33. The van der Waals surface area contributed by atoms with Crippen LogP contribution in [-0.2, 0) is 0 Å². The predicted molar refractivity (Wildman–Crippen MR) is 62.4 cm³/mol. The van der Waals surface area contributed by atoms with Gasteiger partial charge in [0, 0.05) is 23.9 Å². The summed E-state index contributed by atoms with van der Waals surface area (Å²) in [6.07, 6.45) is 1.76. The van der Waals surface area contributed by atoms with E-state index in [0.717, 1.165) is 16.6 Å². The Morgan fingerprint density at radius 3 is 2.81 bits per heavy atom. The molecule has 0 spiro atoms. The van der Waals surface area contributed by atoms with E-state index in [1.807, 2.05) is 31.2 Å². The highest BCUT2D eigenvalue weighted by molar-refractivity contribution is 5.91. The summed E-state index contributed by atoms with van der Waals surface area (Å²) in [7, 11) is 0. The highest BCUT2D eigenvalue weighted by atomic mass is 16.3. The molecule has 4 nitrogen and oxygen atoms in total. The number of aliphatic hydroxyl groups is 1. The Morgan fingerprint density at radius 2 is 2.06 bits per heavy atom. The van der Waals surface area contributed by atoms with Gasteiger partial charge in [0.15, 0.2) is 5.82 Å². The topological polar surface area (TPSA) is 49.2 Å². The van der Waals surface area contributed by atoms with Crippen LogP contribution in [0.2, 0.25) is 0 Å². The van der Waals surface area contributed by atoms with Crippen LogP contribution in [0, 0.1) is 0 Å². The van der Waals surface area contributed by atoms with Crippen molar-refractivity contribution in [3.8, 4) is 0 Å². The third kappa shape index (κ3) is 1.42. The normalized spacial score (nSPS) is 18.5. The van der Waals surface area contributed by atoms with Gasteiger partial charge in [-0.05, 0) is 6.92 Å². The summed E-state index contributed by atoms with van der Waals surface area (Å²) < 4.78 is 0. The van der Waals surface area contributed by atoms with Gasteiger partial charge in [0.2, 0.25) is 0 Å². The second-order valence-corrected chi connectivity index (χ2v) is 4.61. The van der Waals surface area contributed by atoms with Crippen LogP contribution in [0.1, 0.15) is 6.92 Å². The molecule has 0 amide bonds. The number of hydrogen-bond donors (Lipinski definition) is 1. The summed E-state index contributed by atoms with van der Waals surface area (Å²) in [6, 6.07) is 8.03. The monoisotopic (exact) mass is 215 g/mol. The molecule has 1 aromatic carbocycles. The molecule has 1 N–H and O–H groups in total. The Bertz CT molecular complexity index is 525. The molecule has 2 aromatic rings. The summed E-state index contributed by atoms with van der Waals surface area (Å²) in [5, 5.41) is 20.0. The van der Waals surface area contributed by atoms with Gasteiger partial charge < -0.3 is 10.0 Å². The zero-order valence-corrected chi connectivity index (χ0v) is 9.09. The molecule has 4 heteroatoms. The van der Waals surface area contributed by atoms with E-state index in [-0.39, 0.29) is 0 Å². The molecule has 1 aromatic heterocycles. The molecule has 82 valence electrons. The maximum Gasteiger partial charge on any atom is 0.159 e. The summed E-state index contributed by atoms with van der Waals surface area (Å²) in [5.74, 6) is 0.865. The van der Waals surface area contributed by atoms with Crippen LogP contribution in [0.4, 0.5) is 5.82 Å². The van der Waals surface area contributed by atoms with Crippen molar-refractivity contribution in [2.24, 2.45) is 0 Å². The summed E-state index contributed by atoms with van der Waals surface area (Å²) >= 11 is 0. The van der Waals surface area contributed by atoms with E-state index in [1.54, 1.807) is 6.20 Å². The molecule has 1 saturated heterocycles. The molecule has 16 heavy (non-hydrogen) atoms. The minimum Gasteiger partial charge on any atom is -0.386 e. The predicted octanol–water partition coefficient (Wildman–Crippen LogP) is 1.20. The minimum absolute atomic E-state index is 0.585. The van der Waals surface area contributed by atoms with Gasteiger partial charge in [0.1, 0.15) is 0 Å². The fraction of sp³-hybridized carbons (Fsp3) is 0.333.